The van der Waals surface area contributed by atoms with Gasteiger partial charge < -0.3 is 24.4 Å². The molecule has 2 aromatic heterocycles. The zero-order valence-corrected chi connectivity index (χ0v) is 21.4. The number of nitrogens with two attached hydrogens (primary N) is 1. The van der Waals surface area contributed by atoms with Crippen molar-refractivity contribution in [3.63, 3.8) is 0 Å². The van der Waals surface area contributed by atoms with Gasteiger partial charge in [0.15, 0.2) is 36.2 Å². The van der Waals surface area contributed by atoms with Gasteiger partial charge in [0, 0.05) is 0 Å². The van der Waals surface area contributed by atoms with Gasteiger partial charge in [0.1, 0.15) is 18.3 Å². The number of hydrogen-bond acceptors (Lipinski definition) is 8. The van der Waals surface area contributed by atoms with E-state index in [1.807, 2.05) is 13.8 Å². The zero-order valence-electron chi connectivity index (χ0n) is 18.9. The lowest BCUT2D eigenvalue weighted by atomic mass is 10.1. The minimum Gasteiger partial charge on any atom is -0.414 e. The van der Waals surface area contributed by atoms with Gasteiger partial charge in [0.05, 0.1) is 6.61 Å². The van der Waals surface area contributed by atoms with Crippen molar-refractivity contribution < 1.29 is 18.6 Å². The highest BCUT2D eigenvalue weighted by molar-refractivity contribution is 9.10. The first-order valence-corrected chi connectivity index (χ1v) is 14.0. The first kappa shape index (κ1) is 22.9. The first-order valence-electron chi connectivity index (χ1n) is 10.3. The Hall–Kier alpha value is -1.31. The van der Waals surface area contributed by atoms with E-state index in [-0.39, 0.29) is 28.7 Å². The maximum Gasteiger partial charge on any atom is 0.280 e. The van der Waals surface area contributed by atoms with Crippen molar-refractivity contribution in [3.05, 3.63) is 15.1 Å². The van der Waals surface area contributed by atoms with Gasteiger partial charge in [-0.25, -0.2) is 4.98 Å². The summed E-state index contributed by atoms with van der Waals surface area (Å²) in [5.74, 6) is -0.776. The van der Waals surface area contributed by atoms with E-state index in [4.69, 9.17) is 24.4 Å². The van der Waals surface area contributed by atoms with Gasteiger partial charge in [-0.2, -0.15) is 4.98 Å². The van der Waals surface area contributed by atoms with Crippen LogP contribution in [0, 0.1) is 0 Å². The molecule has 172 valence electrons. The fraction of sp³-hybridized carbons (Fsp3) is 0.737. The lowest BCUT2D eigenvalue weighted by Crippen LogP contribution is -2.44. The van der Waals surface area contributed by atoms with Gasteiger partial charge in [-0.15, -0.1) is 0 Å². The van der Waals surface area contributed by atoms with Crippen LogP contribution in [0.1, 0.15) is 40.8 Å². The van der Waals surface area contributed by atoms with Crippen molar-refractivity contribution >= 4 is 41.4 Å². The van der Waals surface area contributed by atoms with E-state index in [0.29, 0.717) is 17.0 Å². The van der Waals surface area contributed by atoms with Crippen LogP contribution in [0.4, 0.5) is 5.95 Å². The summed E-state index contributed by atoms with van der Waals surface area (Å²) in [5.41, 5.74) is 5.84. The van der Waals surface area contributed by atoms with E-state index in [9.17, 15) is 4.79 Å². The lowest BCUT2D eigenvalue weighted by Gasteiger charge is -2.37. The number of nitrogens with zero attached hydrogens (tertiary/aromatic N) is 3. The predicted molar refractivity (Wildman–Crippen MR) is 121 cm³/mol. The number of H-pyrrole nitrogens is 1. The summed E-state index contributed by atoms with van der Waals surface area (Å²) in [6.07, 6.45) is -1.74. The molecule has 2 aliphatic rings. The van der Waals surface area contributed by atoms with E-state index in [1.54, 1.807) is 4.57 Å². The van der Waals surface area contributed by atoms with Crippen LogP contribution in [0.3, 0.4) is 0 Å². The zero-order chi connectivity index (χ0) is 22.9. The molecule has 2 aromatic rings. The number of halogens is 1. The molecule has 0 unspecified atom stereocenters. The van der Waals surface area contributed by atoms with Crippen molar-refractivity contribution in [2.24, 2.45) is 0 Å². The van der Waals surface area contributed by atoms with Crippen LogP contribution in [-0.2, 0) is 18.6 Å². The van der Waals surface area contributed by atoms with E-state index in [1.165, 1.54) is 0 Å². The molecule has 10 nitrogen and oxygen atoms in total. The number of nitrogen functional groups attached to an aromatic ring is 1. The number of anilines is 1. The number of ether oxygens (including phenoxy) is 3. The number of imidazole rings is 1. The molecule has 0 aliphatic carbocycles. The molecule has 4 rings (SSSR count). The molecule has 0 radical (unpaired) electrons. The van der Waals surface area contributed by atoms with Crippen LogP contribution >= 0.6 is 15.9 Å². The monoisotopic (exact) mass is 515 g/mol. The SMILES string of the molecule is CC1(C)O[C@@H]2[C@H](O1)[C@@H](CO[Si](C)(C)C(C)(C)C)O[C@@H]2n1c(Br)nc2c(=O)[nH]c(N)nc21. The molecule has 0 spiro atoms. The molecule has 31 heavy (non-hydrogen) atoms. The number of nitrogens with one attached hydrogen (secondary N) is 1. The Kier molecular flexibility index (Phi) is 5.42. The highest BCUT2D eigenvalue weighted by Crippen LogP contribution is 2.45. The van der Waals surface area contributed by atoms with Crippen molar-refractivity contribution in [1.29, 1.82) is 0 Å². The number of rotatable bonds is 4. The molecular formula is C19H30BrN5O5Si. The van der Waals surface area contributed by atoms with Crippen LogP contribution in [-0.4, -0.2) is 58.5 Å². The average molecular weight is 516 g/mol. The molecule has 4 heterocycles. The standard InChI is InChI=1S/C19H30BrN5O5Si/c1-18(2,3)31(6,7)27-8-9-11-12(30-19(4,5)29-11)15(28-9)25-13-10(22-16(25)20)14(26)24-17(21)23-13/h9,11-12,15H,8H2,1-7H3,(H3,21,23,24,26)/t9-,11-,12-,15+/m1/s1. The number of aromatic amines is 1. The van der Waals surface area contributed by atoms with Crippen LogP contribution in [0.15, 0.2) is 9.53 Å². The smallest absolute Gasteiger partial charge is 0.280 e. The topological polar surface area (TPSA) is 127 Å². The Bertz CT molecular complexity index is 1060. The van der Waals surface area contributed by atoms with E-state index >= 15 is 0 Å². The highest BCUT2D eigenvalue weighted by Gasteiger charge is 2.57. The van der Waals surface area contributed by atoms with Gasteiger partial charge >= 0.3 is 0 Å². The Balaban J connectivity index is 1.69. The Morgan fingerprint density at radius 2 is 1.90 bits per heavy atom. The second-order valence-electron chi connectivity index (χ2n) is 10.1. The minimum absolute atomic E-state index is 0.00225. The minimum atomic E-state index is -1.99. The fourth-order valence-corrected chi connectivity index (χ4v) is 5.27. The molecule has 0 aromatic carbocycles. The molecular weight excluding hydrogens is 486 g/mol. The third kappa shape index (κ3) is 3.98. The summed E-state index contributed by atoms with van der Waals surface area (Å²) < 4.78 is 27.3. The Labute approximate surface area is 190 Å². The molecule has 0 bridgehead atoms. The van der Waals surface area contributed by atoms with Crippen molar-refractivity contribution in [2.45, 2.75) is 83.1 Å². The van der Waals surface area contributed by atoms with Crippen molar-refractivity contribution in [2.75, 3.05) is 12.3 Å². The maximum atomic E-state index is 12.3. The van der Waals surface area contributed by atoms with Crippen molar-refractivity contribution in [3.8, 4) is 0 Å². The van der Waals surface area contributed by atoms with Crippen molar-refractivity contribution in [1.82, 2.24) is 19.5 Å². The lowest BCUT2D eigenvalue weighted by molar-refractivity contribution is -0.199. The molecule has 4 atom stereocenters. The number of fused-ring (bicyclic) bond motifs is 2. The second-order valence-corrected chi connectivity index (χ2v) is 15.6. The highest BCUT2D eigenvalue weighted by atomic mass is 79.9. The van der Waals surface area contributed by atoms with Gasteiger partial charge in [0.25, 0.3) is 5.56 Å². The summed E-state index contributed by atoms with van der Waals surface area (Å²) >= 11 is 3.44. The van der Waals surface area contributed by atoms with Gasteiger partial charge in [0.2, 0.25) is 5.95 Å². The first-order chi connectivity index (χ1) is 14.2. The average Bonchev–Trinajstić information content (AvgIpc) is 3.20. The molecule has 0 saturated carbocycles. The van der Waals surface area contributed by atoms with E-state index in [0.717, 1.165) is 0 Å². The van der Waals surface area contributed by atoms with E-state index in [2.05, 4.69) is 64.7 Å². The van der Waals surface area contributed by atoms with Crippen LogP contribution in [0.25, 0.3) is 11.2 Å². The summed E-state index contributed by atoms with van der Waals surface area (Å²) in [4.78, 5) is 23.4. The summed E-state index contributed by atoms with van der Waals surface area (Å²) in [6.45, 7) is 15.1. The van der Waals surface area contributed by atoms with Crippen LogP contribution < -0.4 is 11.3 Å². The maximum absolute atomic E-state index is 12.3. The molecule has 2 aliphatic heterocycles. The predicted octanol–water partition coefficient (Wildman–Crippen LogP) is 2.90. The Morgan fingerprint density at radius 1 is 1.26 bits per heavy atom. The fourth-order valence-electron chi connectivity index (χ4n) is 3.71. The molecule has 2 saturated heterocycles. The largest absolute Gasteiger partial charge is 0.414 e. The summed E-state index contributed by atoms with van der Waals surface area (Å²) in [7, 11) is -1.99. The number of hydrogen-bond donors (Lipinski definition) is 2. The Morgan fingerprint density at radius 3 is 2.55 bits per heavy atom. The van der Waals surface area contributed by atoms with Crippen LogP contribution in [0.5, 0.6) is 0 Å². The molecule has 0 amide bonds. The third-order valence-corrected chi connectivity index (χ3v) is 11.4. The molecule has 2 fully saturated rings. The third-order valence-electron chi connectivity index (χ3n) is 6.32. The number of aromatic nitrogens is 4. The summed E-state index contributed by atoms with van der Waals surface area (Å²) in [6, 6.07) is 0. The molecule has 12 heteroatoms. The second kappa shape index (κ2) is 7.35. The van der Waals surface area contributed by atoms with Crippen LogP contribution in [0.2, 0.25) is 18.1 Å². The normalized spacial score (nSPS) is 28.4. The van der Waals surface area contributed by atoms with Gasteiger partial charge in [-0.1, -0.05) is 20.8 Å². The van der Waals surface area contributed by atoms with Gasteiger partial charge in [-0.05, 0) is 47.9 Å². The molecule has 3 N–H and O–H groups in total. The van der Waals surface area contributed by atoms with Gasteiger partial charge in [-0.3, -0.25) is 14.3 Å². The summed E-state index contributed by atoms with van der Waals surface area (Å²) in [5, 5.41) is 0.0722. The quantitative estimate of drug-likeness (QED) is 0.469. The van der Waals surface area contributed by atoms with E-state index < -0.39 is 32.0 Å².